The van der Waals surface area contributed by atoms with Gasteiger partial charge in [0, 0.05) is 25.7 Å². The second-order valence-electron chi connectivity index (χ2n) is 5.22. The van der Waals surface area contributed by atoms with Gasteiger partial charge < -0.3 is 9.47 Å². The van der Waals surface area contributed by atoms with E-state index >= 15 is 0 Å². The molecule has 5 nitrogen and oxygen atoms in total. The summed E-state index contributed by atoms with van der Waals surface area (Å²) in [5.41, 5.74) is 0.844. The largest absolute Gasteiger partial charge is 0.342 e. The van der Waals surface area contributed by atoms with E-state index in [9.17, 15) is 4.79 Å². The topological polar surface area (TPSA) is 51.0 Å². The van der Waals surface area contributed by atoms with Gasteiger partial charge >= 0.3 is 0 Å². The Bertz CT molecular complexity index is 682. The molecule has 0 saturated carbocycles. The van der Waals surface area contributed by atoms with E-state index in [0.29, 0.717) is 16.6 Å². The number of rotatable bonds is 4. The lowest BCUT2D eigenvalue weighted by molar-refractivity contribution is -0.127. The first kappa shape index (κ1) is 15.4. The minimum absolute atomic E-state index is 0.171. The summed E-state index contributed by atoms with van der Waals surface area (Å²) in [6, 6.07) is 7.54. The molecule has 116 valence electrons. The van der Waals surface area contributed by atoms with Crippen LogP contribution >= 0.6 is 23.4 Å². The normalized spacial score (nSPS) is 14.5. The third kappa shape index (κ3) is 3.13. The highest BCUT2D eigenvalue weighted by molar-refractivity contribution is 7.99. The van der Waals surface area contributed by atoms with Crippen LogP contribution in [0.4, 0.5) is 0 Å². The van der Waals surface area contributed by atoms with Gasteiger partial charge in [-0.1, -0.05) is 35.5 Å². The molecule has 0 bridgehead atoms. The minimum Gasteiger partial charge on any atom is -0.342 e. The van der Waals surface area contributed by atoms with Crippen molar-refractivity contribution in [3.63, 3.8) is 0 Å². The average molecular weight is 337 g/mol. The van der Waals surface area contributed by atoms with Crippen molar-refractivity contribution in [1.82, 2.24) is 19.7 Å². The maximum atomic E-state index is 12.1. The summed E-state index contributed by atoms with van der Waals surface area (Å²) in [7, 11) is 1.89. The molecule has 0 atom stereocenters. The Hall–Kier alpha value is -1.53. The molecule has 3 rings (SSSR count). The van der Waals surface area contributed by atoms with Crippen LogP contribution in [0, 0.1) is 0 Å². The van der Waals surface area contributed by atoms with Crippen molar-refractivity contribution in [2.45, 2.75) is 18.0 Å². The van der Waals surface area contributed by atoms with Crippen molar-refractivity contribution >= 4 is 29.3 Å². The molecule has 1 aliphatic heterocycles. The number of thioether (sulfide) groups is 1. The van der Waals surface area contributed by atoms with Gasteiger partial charge in [-0.3, -0.25) is 4.79 Å². The third-order valence-electron chi connectivity index (χ3n) is 3.73. The Morgan fingerprint density at radius 2 is 2.00 bits per heavy atom. The zero-order valence-corrected chi connectivity index (χ0v) is 13.9. The van der Waals surface area contributed by atoms with Gasteiger partial charge in [0.1, 0.15) is 0 Å². The van der Waals surface area contributed by atoms with Gasteiger partial charge in [-0.25, -0.2) is 0 Å². The van der Waals surface area contributed by atoms with Crippen molar-refractivity contribution in [2.24, 2.45) is 7.05 Å². The van der Waals surface area contributed by atoms with Crippen LogP contribution in [0.1, 0.15) is 12.8 Å². The third-order valence-corrected chi connectivity index (χ3v) is 5.07. The first-order chi connectivity index (χ1) is 10.7. The Morgan fingerprint density at radius 3 is 2.73 bits per heavy atom. The molecule has 1 fully saturated rings. The quantitative estimate of drug-likeness (QED) is 0.806. The van der Waals surface area contributed by atoms with Crippen LogP contribution in [0.15, 0.2) is 29.4 Å². The highest BCUT2D eigenvalue weighted by atomic mass is 35.5. The molecule has 0 N–H and O–H groups in total. The fourth-order valence-corrected chi connectivity index (χ4v) is 3.54. The molecule has 0 radical (unpaired) electrons. The maximum Gasteiger partial charge on any atom is 0.233 e. The highest BCUT2D eigenvalue weighted by Crippen LogP contribution is 2.28. The van der Waals surface area contributed by atoms with Gasteiger partial charge in [-0.15, -0.1) is 10.2 Å². The lowest BCUT2D eigenvalue weighted by Gasteiger charge is -2.14. The fourth-order valence-electron chi connectivity index (χ4n) is 2.50. The molecule has 0 aliphatic carbocycles. The second kappa shape index (κ2) is 6.71. The van der Waals surface area contributed by atoms with Crippen LogP contribution in [0.5, 0.6) is 0 Å². The summed E-state index contributed by atoms with van der Waals surface area (Å²) >= 11 is 7.62. The molecule has 0 spiro atoms. The van der Waals surface area contributed by atoms with E-state index in [1.165, 1.54) is 11.8 Å². The van der Waals surface area contributed by atoms with Gasteiger partial charge in [-0.2, -0.15) is 0 Å². The molecule has 1 aromatic heterocycles. The monoisotopic (exact) mass is 336 g/mol. The molecule has 1 amide bonds. The van der Waals surface area contributed by atoms with Gasteiger partial charge in [0.2, 0.25) is 5.91 Å². The van der Waals surface area contributed by atoms with Crippen LogP contribution in [-0.2, 0) is 11.8 Å². The summed E-state index contributed by atoms with van der Waals surface area (Å²) < 4.78 is 1.88. The number of nitrogens with zero attached hydrogens (tertiary/aromatic N) is 4. The average Bonchev–Trinajstić information content (AvgIpc) is 3.16. The zero-order chi connectivity index (χ0) is 15.5. The number of benzene rings is 1. The Labute approximate surface area is 138 Å². The van der Waals surface area contributed by atoms with Crippen LogP contribution < -0.4 is 0 Å². The molecular weight excluding hydrogens is 320 g/mol. The number of carbonyl (C=O) groups excluding carboxylic acids is 1. The van der Waals surface area contributed by atoms with Crippen molar-refractivity contribution in [2.75, 3.05) is 18.8 Å². The fraction of sp³-hybridized carbons (Fsp3) is 0.400. The molecule has 1 saturated heterocycles. The number of carbonyl (C=O) groups is 1. The van der Waals surface area contributed by atoms with Crippen molar-refractivity contribution in [3.05, 3.63) is 29.3 Å². The van der Waals surface area contributed by atoms with Crippen LogP contribution in [0.25, 0.3) is 11.4 Å². The number of hydrogen-bond acceptors (Lipinski definition) is 4. The summed E-state index contributed by atoms with van der Waals surface area (Å²) in [6.07, 6.45) is 2.22. The molecule has 2 aromatic rings. The van der Waals surface area contributed by atoms with Gasteiger partial charge in [0.25, 0.3) is 0 Å². The first-order valence-electron chi connectivity index (χ1n) is 7.21. The van der Waals surface area contributed by atoms with E-state index in [-0.39, 0.29) is 5.91 Å². The summed E-state index contributed by atoms with van der Waals surface area (Å²) in [6.45, 7) is 1.76. The number of aromatic nitrogens is 3. The molecular formula is C15H17ClN4OS. The van der Waals surface area contributed by atoms with E-state index in [1.54, 1.807) is 0 Å². The molecule has 2 heterocycles. The Kier molecular flexibility index (Phi) is 4.69. The lowest BCUT2D eigenvalue weighted by atomic mass is 10.2. The minimum atomic E-state index is 0.171. The zero-order valence-electron chi connectivity index (χ0n) is 12.3. The predicted molar refractivity (Wildman–Crippen MR) is 88.0 cm³/mol. The molecule has 22 heavy (non-hydrogen) atoms. The van der Waals surface area contributed by atoms with Gasteiger partial charge in [-0.05, 0) is 25.0 Å². The number of halogens is 1. The van der Waals surface area contributed by atoms with E-state index < -0.39 is 0 Å². The van der Waals surface area contributed by atoms with E-state index in [4.69, 9.17) is 11.6 Å². The Balaban J connectivity index is 1.71. The van der Waals surface area contributed by atoms with E-state index in [1.807, 2.05) is 40.8 Å². The van der Waals surface area contributed by atoms with Crippen LogP contribution in [0.2, 0.25) is 5.02 Å². The summed E-state index contributed by atoms with van der Waals surface area (Å²) in [4.78, 5) is 14.0. The predicted octanol–water partition coefficient (Wildman–Crippen LogP) is 2.85. The van der Waals surface area contributed by atoms with Crippen LogP contribution in [0.3, 0.4) is 0 Å². The number of likely N-dealkylation sites (tertiary alicyclic amines) is 1. The van der Waals surface area contributed by atoms with Crippen molar-refractivity contribution < 1.29 is 4.79 Å². The first-order valence-corrected chi connectivity index (χ1v) is 8.58. The smallest absolute Gasteiger partial charge is 0.233 e. The lowest BCUT2D eigenvalue weighted by Crippen LogP contribution is -2.29. The highest BCUT2D eigenvalue weighted by Gasteiger charge is 2.19. The molecule has 7 heteroatoms. The summed E-state index contributed by atoms with van der Waals surface area (Å²) in [5, 5.41) is 9.75. The van der Waals surface area contributed by atoms with E-state index in [2.05, 4.69) is 10.2 Å². The number of amides is 1. The maximum absolute atomic E-state index is 12.1. The van der Waals surface area contributed by atoms with Crippen molar-refractivity contribution in [3.8, 4) is 11.4 Å². The number of hydrogen-bond donors (Lipinski definition) is 0. The second-order valence-corrected chi connectivity index (χ2v) is 6.57. The van der Waals surface area contributed by atoms with Crippen LogP contribution in [-0.4, -0.2) is 44.4 Å². The SMILES string of the molecule is Cn1c(SCC(=O)N2CCCC2)nnc1-c1ccccc1Cl. The van der Waals surface area contributed by atoms with Crippen molar-refractivity contribution in [1.29, 1.82) is 0 Å². The standard InChI is InChI=1S/C15H17ClN4OS/c1-19-14(11-6-2-3-7-12(11)16)17-18-15(19)22-10-13(21)20-8-4-5-9-20/h2-3,6-7H,4-5,8-10H2,1H3. The molecule has 1 aromatic carbocycles. The Morgan fingerprint density at radius 1 is 1.27 bits per heavy atom. The molecule has 0 unspecified atom stereocenters. The van der Waals surface area contributed by atoms with Gasteiger partial charge in [0.15, 0.2) is 11.0 Å². The van der Waals surface area contributed by atoms with E-state index in [0.717, 1.165) is 36.7 Å². The van der Waals surface area contributed by atoms with Gasteiger partial charge in [0.05, 0.1) is 10.8 Å². The molecule has 1 aliphatic rings. The summed E-state index contributed by atoms with van der Waals surface area (Å²) in [5.74, 6) is 1.28.